The van der Waals surface area contributed by atoms with Crippen LogP contribution < -0.4 is 9.64 Å². The number of hydrogen-bond acceptors (Lipinski definition) is 5. The summed E-state index contributed by atoms with van der Waals surface area (Å²) in [6.07, 6.45) is 0. The van der Waals surface area contributed by atoms with Crippen LogP contribution in [-0.2, 0) is 4.79 Å². The van der Waals surface area contributed by atoms with Crippen molar-refractivity contribution in [2.45, 2.75) is 12.2 Å². The molecule has 2 rings (SSSR count). The number of carbonyl (C=O) groups is 2. The highest BCUT2D eigenvalue weighted by Gasteiger charge is 2.24. The number of likely N-dealkylation sites (N-methyl/N-ethyl adjacent to an activating group) is 1. The molecule has 1 aromatic carbocycles. The number of anilines is 1. The number of benzene rings is 1. The Morgan fingerprint density at radius 2 is 2.35 bits per heavy atom. The van der Waals surface area contributed by atoms with Crippen molar-refractivity contribution in [1.29, 1.82) is 5.26 Å². The van der Waals surface area contributed by atoms with E-state index in [0.29, 0.717) is 17.0 Å². The van der Waals surface area contributed by atoms with Gasteiger partial charge in [-0.1, -0.05) is 0 Å². The van der Waals surface area contributed by atoms with E-state index in [4.69, 9.17) is 10.00 Å². The zero-order valence-corrected chi connectivity index (χ0v) is 12.1. The Hall–Kier alpha value is -2.00. The van der Waals surface area contributed by atoms with E-state index in [0.717, 1.165) is 0 Å². The zero-order chi connectivity index (χ0) is 14.7. The molecule has 0 fully saturated rings. The lowest BCUT2D eigenvalue weighted by molar-refractivity contribution is -0.120. The van der Waals surface area contributed by atoms with E-state index in [9.17, 15) is 9.59 Å². The topological polar surface area (TPSA) is 70.4 Å². The fraction of sp³-hybridized carbons (Fsp3) is 0.357. The van der Waals surface area contributed by atoms with Crippen LogP contribution in [0, 0.1) is 11.3 Å². The number of nitrogens with zero attached hydrogens (tertiary/aromatic N) is 2. The maximum Gasteiger partial charge on any atom is 0.264 e. The van der Waals surface area contributed by atoms with Crippen molar-refractivity contribution in [1.82, 2.24) is 0 Å². The molecule has 0 N–H and O–H groups in total. The van der Waals surface area contributed by atoms with Crippen LogP contribution in [0.2, 0.25) is 0 Å². The summed E-state index contributed by atoms with van der Waals surface area (Å²) >= 11 is 1.30. The molecule has 1 aliphatic heterocycles. The normalized spacial score (nSPS) is 15.1. The van der Waals surface area contributed by atoms with Gasteiger partial charge in [-0.2, -0.15) is 5.26 Å². The molecule has 20 heavy (non-hydrogen) atoms. The van der Waals surface area contributed by atoms with E-state index in [-0.39, 0.29) is 29.3 Å². The van der Waals surface area contributed by atoms with Gasteiger partial charge in [-0.15, -0.1) is 11.8 Å². The summed E-state index contributed by atoms with van der Waals surface area (Å²) < 4.78 is 5.32. The third-order valence-electron chi connectivity index (χ3n) is 3.10. The molecule has 0 aromatic heterocycles. The molecule has 104 valence electrons. The summed E-state index contributed by atoms with van der Waals surface area (Å²) in [4.78, 5) is 25.3. The molecule has 1 heterocycles. The molecule has 0 saturated carbocycles. The van der Waals surface area contributed by atoms with Gasteiger partial charge in [0.15, 0.2) is 12.4 Å². The quantitative estimate of drug-likeness (QED) is 0.792. The largest absolute Gasteiger partial charge is 0.482 e. The van der Waals surface area contributed by atoms with Crippen molar-refractivity contribution < 1.29 is 14.3 Å². The highest BCUT2D eigenvalue weighted by Crippen LogP contribution is 2.32. The second kappa shape index (κ2) is 5.97. The number of hydrogen-bond donors (Lipinski definition) is 0. The van der Waals surface area contributed by atoms with Gasteiger partial charge in [0, 0.05) is 12.6 Å². The van der Waals surface area contributed by atoms with Crippen LogP contribution in [0.1, 0.15) is 17.3 Å². The minimum atomic E-state index is -0.293. The van der Waals surface area contributed by atoms with Crippen molar-refractivity contribution >= 4 is 29.1 Å². The minimum absolute atomic E-state index is 0.0191. The van der Waals surface area contributed by atoms with Crippen LogP contribution in [0.3, 0.4) is 0 Å². The molecule has 0 aliphatic carbocycles. The van der Waals surface area contributed by atoms with Crippen LogP contribution in [0.4, 0.5) is 5.69 Å². The van der Waals surface area contributed by atoms with E-state index in [1.807, 2.05) is 6.07 Å². The first-order chi connectivity index (χ1) is 9.54. The number of fused-ring (bicyclic) bond motifs is 1. The predicted molar refractivity (Wildman–Crippen MR) is 77.2 cm³/mol. The van der Waals surface area contributed by atoms with Crippen LogP contribution in [0.5, 0.6) is 5.75 Å². The van der Waals surface area contributed by atoms with Gasteiger partial charge < -0.3 is 9.64 Å². The molecule has 0 spiro atoms. The van der Waals surface area contributed by atoms with Crippen molar-refractivity contribution in [3.8, 4) is 11.8 Å². The molecule has 0 radical (unpaired) electrons. The van der Waals surface area contributed by atoms with Gasteiger partial charge in [0.1, 0.15) is 5.75 Å². The number of Topliss-reactive ketones (excluding diaryl/α,β-unsaturated/α-hetero) is 1. The van der Waals surface area contributed by atoms with Crippen LogP contribution in [0.15, 0.2) is 18.2 Å². The van der Waals surface area contributed by atoms with Gasteiger partial charge >= 0.3 is 0 Å². The third kappa shape index (κ3) is 2.78. The van der Waals surface area contributed by atoms with Gasteiger partial charge in [0.25, 0.3) is 5.91 Å². The van der Waals surface area contributed by atoms with E-state index in [1.54, 1.807) is 32.2 Å². The van der Waals surface area contributed by atoms with Gasteiger partial charge in [0.05, 0.1) is 22.8 Å². The Labute approximate surface area is 121 Å². The number of nitriles is 1. The lowest BCUT2D eigenvalue weighted by Gasteiger charge is -2.26. The number of ether oxygens (including phenoxy) is 1. The fourth-order valence-electron chi connectivity index (χ4n) is 1.90. The molecule has 0 bridgehead atoms. The smallest absolute Gasteiger partial charge is 0.264 e. The minimum Gasteiger partial charge on any atom is -0.482 e. The van der Waals surface area contributed by atoms with E-state index < -0.39 is 0 Å². The highest BCUT2D eigenvalue weighted by atomic mass is 32.2. The number of rotatable bonds is 4. The summed E-state index contributed by atoms with van der Waals surface area (Å²) in [6, 6.07) is 7.06. The first kappa shape index (κ1) is 14.4. The van der Waals surface area contributed by atoms with Crippen LogP contribution >= 0.6 is 11.8 Å². The van der Waals surface area contributed by atoms with Crippen molar-refractivity contribution in [2.75, 3.05) is 24.3 Å². The summed E-state index contributed by atoms with van der Waals surface area (Å²) in [7, 11) is 1.66. The SMILES string of the molecule is CC(SCC#N)C(=O)c1ccc2c(c1)N(C)C(=O)CO2. The molecule has 6 heteroatoms. The maximum absolute atomic E-state index is 12.3. The van der Waals surface area contributed by atoms with Gasteiger partial charge in [-0.05, 0) is 25.1 Å². The zero-order valence-electron chi connectivity index (χ0n) is 11.3. The summed E-state index contributed by atoms with van der Waals surface area (Å²) in [5.74, 6) is 0.675. The number of amides is 1. The van der Waals surface area contributed by atoms with Crippen molar-refractivity contribution in [3.63, 3.8) is 0 Å². The van der Waals surface area contributed by atoms with Crippen LogP contribution in [-0.4, -0.2) is 36.3 Å². The first-order valence-corrected chi connectivity index (χ1v) is 7.15. The number of thioether (sulfide) groups is 1. The Morgan fingerprint density at radius 3 is 3.05 bits per heavy atom. The molecular weight excluding hydrogens is 276 g/mol. The summed E-state index contributed by atoms with van der Waals surface area (Å²) in [5.41, 5.74) is 1.12. The monoisotopic (exact) mass is 290 g/mol. The number of ketones is 1. The average molecular weight is 290 g/mol. The van der Waals surface area contributed by atoms with Gasteiger partial charge in [-0.3, -0.25) is 9.59 Å². The molecule has 1 aliphatic rings. The molecule has 1 aromatic rings. The summed E-state index contributed by atoms with van der Waals surface area (Å²) in [5, 5.41) is 8.25. The van der Waals surface area contributed by atoms with Gasteiger partial charge in [0.2, 0.25) is 0 Å². The second-order valence-electron chi connectivity index (χ2n) is 4.40. The molecule has 1 unspecified atom stereocenters. The van der Waals surface area contributed by atoms with E-state index in [1.165, 1.54) is 16.7 Å². The molecule has 1 atom stereocenters. The van der Waals surface area contributed by atoms with E-state index in [2.05, 4.69) is 0 Å². The Bertz CT molecular complexity index is 595. The average Bonchev–Trinajstić information content (AvgIpc) is 2.47. The van der Waals surface area contributed by atoms with Crippen molar-refractivity contribution in [2.24, 2.45) is 0 Å². The highest BCUT2D eigenvalue weighted by molar-refractivity contribution is 8.00. The molecule has 5 nitrogen and oxygen atoms in total. The second-order valence-corrected chi connectivity index (χ2v) is 5.73. The van der Waals surface area contributed by atoms with E-state index >= 15 is 0 Å². The summed E-state index contributed by atoms with van der Waals surface area (Å²) in [6.45, 7) is 1.79. The van der Waals surface area contributed by atoms with Crippen LogP contribution in [0.25, 0.3) is 0 Å². The molecular formula is C14H14N2O3S. The lowest BCUT2D eigenvalue weighted by atomic mass is 10.1. The Balaban J connectivity index is 2.25. The maximum atomic E-state index is 12.3. The standard InChI is InChI=1S/C14H14N2O3S/c1-9(20-6-5-15)14(18)10-3-4-12-11(7-10)16(2)13(17)8-19-12/h3-4,7,9H,6,8H2,1-2H3. The number of carbonyl (C=O) groups excluding carboxylic acids is 2. The Kier molecular flexibility index (Phi) is 4.30. The third-order valence-corrected chi connectivity index (χ3v) is 4.11. The van der Waals surface area contributed by atoms with Gasteiger partial charge in [-0.25, -0.2) is 0 Å². The Morgan fingerprint density at radius 1 is 1.60 bits per heavy atom. The van der Waals surface area contributed by atoms with Crippen molar-refractivity contribution in [3.05, 3.63) is 23.8 Å². The molecule has 0 saturated heterocycles. The lowest BCUT2D eigenvalue weighted by Crippen LogP contribution is -2.35. The predicted octanol–water partition coefficient (Wildman–Crippen LogP) is 1.87. The molecule has 1 amide bonds. The first-order valence-electron chi connectivity index (χ1n) is 6.10. The fourth-order valence-corrected chi connectivity index (χ4v) is 2.51.